The van der Waals surface area contributed by atoms with Crippen molar-refractivity contribution in [1.82, 2.24) is 0 Å². The number of ether oxygens (including phenoxy) is 1. The third-order valence-corrected chi connectivity index (χ3v) is 5.25. The van der Waals surface area contributed by atoms with Crippen molar-refractivity contribution < 1.29 is 19.1 Å². The maximum absolute atomic E-state index is 11.9. The number of hydrogen-bond donors (Lipinski definition) is 2. The van der Waals surface area contributed by atoms with Crippen molar-refractivity contribution in [2.45, 2.75) is 19.8 Å². The molecule has 0 aliphatic heterocycles. The zero-order valence-electron chi connectivity index (χ0n) is 14.9. The van der Waals surface area contributed by atoms with E-state index in [-0.39, 0.29) is 18.7 Å². The van der Waals surface area contributed by atoms with Crippen molar-refractivity contribution in [2.75, 3.05) is 17.2 Å². The molecule has 0 aromatic heterocycles. The molecule has 0 aliphatic rings. The van der Waals surface area contributed by atoms with Crippen LogP contribution in [0.25, 0.3) is 0 Å². The topological polar surface area (TPSA) is 84.5 Å². The lowest BCUT2D eigenvalue weighted by Gasteiger charge is -2.11. The zero-order valence-corrected chi connectivity index (χ0v) is 18.0. The molecular formula is C19H17BrCl2N2O4. The minimum absolute atomic E-state index is 0.0750. The fourth-order valence-corrected chi connectivity index (χ4v) is 2.98. The van der Waals surface area contributed by atoms with Crippen LogP contribution >= 0.6 is 39.1 Å². The summed E-state index contributed by atoms with van der Waals surface area (Å²) in [7, 11) is 0. The number of benzene rings is 2. The second kappa shape index (κ2) is 10.5. The van der Waals surface area contributed by atoms with Crippen LogP contribution in [0.1, 0.15) is 18.4 Å². The van der Waals surface area contributed by atoms with E-state index in [4.69, 9.17) is 27.9 Å². The van der Waals surface area contributed by atoms with Gasteiger partial charge in [-0.25, -0.2) is 0 Å². The van der Waals surface area contributed by atoms with Gasteiger partial charge in [0.2, 0.25) is 5.91 Å². The molecule has 28 heavy (non-hydrogen) atoms. The van der Waals surface area contributed by atoms with Crippen LogP contribution in [0.2, 0.25) is 10.0 Å². The Hall–Kier alpha value is -2.09. The number of hydrogen-bond acceptors (Lipinski definition) is 4. The predicted octanol–water partition coefficient (Wildman–Crippen LogP) is 4.96. The lowest BCUT2D eigenvalue weighted by Crippen LogP contribution is -2.22. The summed E-state index contributed by atoms with van der Waals surface area (Å²) in [4.78, 5) is 35.5. The molecule has 0 heterocycles. The van der Waals surface area contributed by atoms with E-state index in [1.54, 1.807) is 43.3 Å². The van der Waals surface area contributed by atoms with E-state index in [1.165, 1.54) is 0 Å². The van der Waals surface area contributed by atoms with Crippen LogP contribution < -0.4 is 10.6 Å². The molecule has 2 aromatic carbocycles. The van der Waals surface area contributed by atoms with Crippen molar-refractivity contribution in [1.29, 1.82) is 0 Å². The van der Waals surface area contributed by atoms with E-state index >= 15 is 0 Å². The maximum Gasteiger partial charge on any atom is 0.306 e. The van der Waals surface area contributed by atoms with Gasteiger partial charge in [0.05, 0.1) is 11.4 Å². The zero-order chi connectivity index (χ0) is 20.7. The van der Waals surface area contributed by atoms with Crippen molar-refractivity contribution >= 4 is 68.3 Å². The number of carbonyl (C=O) groups excluding carboxylic acids is 3. The number of amides is 2. The monoisotopic (exact) mass is 486 g/mol. The Labute approximate surface area is 180 Å². The highest BCUT2D eigenvalue weighted by atomic mass is 79.9. The number of rotatable bonds is 7. The van der Waals surface area contributed by atoms with Gasteiger partial charge in [-0.3, -0.25) is 14.4 Å². The van der Waals surface area contributed by atoms with Crippen molar-refractivity contribution in [3.05, 3.63) is 56.5 Å². The quantitative estimate of drug-likeness (QED) is 0.540. The van der Waals surface area contributed by atoms with Crippen LogP contribution in [0.3, 0.4) is 0 Å². The highest BCUT2D eigenvalue weighted by molar-refractivity contribution is 9.10. The van der Waals surface area contributed by atoms with E-state index in [9.17, 15) is 14.4 Å². The molecule has 0 saturated heterocycles. The SMILES string of the molecule is Cc1c(NC(=O)COC(=O)CCC(=O)Nc2cccc(Cl)c2)ccc(Br)c1Cl. The molecule has 0 unspecified atom stereocenters. The Morgan fingerprint density at radius 2 is 1.79 bits per heavy atom. The van der Waals surface area contributed by atoms with Gasteiger partial charge in [-0.1, -0.05) is 29.3 Å². The molecule has 2 amide bonds. The van der Waals surface area contributed by atoms with Crippen LogP contribution in [0.4, 0.5) is 11.4 Å². The molecule has 9 heteroatoms. The Morgan fingerprint density at radius 3 is 2.50 bits per heavy atom. The molecule has 148 valence electrons. The average Bonchev–Trinajstić information content (AvgIpc) is 2.65. The molecule has 0 saturated carbocycles. The summed E-state index contributed by atoms with van der Waals surface area (Å²) < 4.78 is 5.61. The van der Waals surface area contributed by atoms with Gasteiger partial charge in [0.25, 0.3) is 5.91 Å². The predicted molar refractivity (Wildman–Crippen MR) is 113 cm³/mol. The molecule has 0 aliphatic carbocycles. The first-order valence-corrected chi connectivity index (χ1v) is 9.76. The number of carbonyl (C=O) groups is 3. The molecule has 2 N–H and O–H groups in total. The molecule has 0 fully saturated rings. The van der Waals surface area contributed by atoms with Gasteiger partial charge in [0.1, 0.15) is 0 Å². The summed E-state index contributed by atoms with van der Waals surface area (Å²) in [6.07, 6.45) is -0.225. The summed E-state index contributed by atoms with van der Waals surface area (Å²) >= 11 is 15.2. The molecule has 0 bridgehead atoms. The first kappa shape index (κ1) is 22.2. The van der Waals surface area contributed by atoms with E-state index in [2.05, 4.69) is 26.6 Å². The van der Waals surface area contributed by atoms with Gasteiger partial charge < -0.3 is 15.4 Å². The molecule has 2 rings (SSSR count). The average molecular weight is 488 g/mol. The number of halogens is 3. The molecule has 0 radical (unpaired) electrons. The molecule has 6 nitrogen and oxygen atoms in total. The lowest BCUT2D eigenvalue weighted by atomic mass is 10.2. The summed E-state index contributed by atoms with van der Waals surface area (Å²) in [5.74, 6) is -1.51. The van der Waals surface area contributed by atoms with Gasteiger partial charge in [0, 0.05) is 27.3 Å². The van der Waals surface area contributed by atoms with Gasteiger partial charge in [-0.05, 0) is 58.7 Å². The van der Waals surface area contributed by atoms with Gasteiger partial charge in [-0.2, -0.15) is 0 Å². The van der Waals surface area contributed by atoms with Gasteiger partial charge in [-0.15, -0.1) is 0 Å². The molecular weight excluding hydrogens is 471 g/mol. The number of esters is 1. The second-order valence-electron chi connectivity index (χ2n) is 5.80. The van der Waals surface area contributed by atoms with Crippen molar-refractivity contribution in [3.8, 4) is 0 Å². The fraction of sp³-hybridized carbons (Fsp3) is 0.211. The Kier molecular flexibility index (Phi) is 8.29. The first-order chi connectivity index (χ1) is 13.3. The molecule has 0 atom stereocenters. The van der Waals surface area contributed by atoms with E-state index in [0.29, 0.717) is 31.5 Å². The Morgan fingerprint density at radius 1 is 1.04 bits per heavy atom. The van der Waals surface area contributed by atoms with Crippen LogP contribution in [0.5, 0.6) is 0 Å². The Bertz CT molecular complexity index is 905. The minimum Gasteiger partial charge on any atom is -0.456 e. The smallest absolute Gasteiger partial charge is 0.306 e. The summed E-state index contributed by atoms with van der Waals surface area (Å²) in [6, 6.07) is 10.1. The minimum atomic E-state index is -0.651. The highest BCUT2D eigenvalue weighted by Crippen LogP contribution is 2.30. The van der Waals surface area contributed by atoms with Gasteiger partial charge in [0.15, 0.2) is 6.61 Å². The first-order valence-electron chi connectivity index (χ1n) is 8.21. The third kappa shape index (κ3) is 6.82. The van der Waals surface area contributed by atoms with Crippen molar-refractivity contribution in [3.63, 3.8) is 0 Å². The highest BCUT2D eigenvalue weighted by Gasteiger charge is 2.13. The number of nitrogens with one attached hydrogen (secondary N) is 2. The van der Waals surface area contributed by atoms with Crippen molar-refractivity contribution in [2.24, 2.45) is 0 Å². The number of anilines is 2. The standard InChI is InChI=1S/C19H17BrCl2N2O4/c1-11-15(6-5-14(20)19(11)22)24-17(26)10-28-18(27)8-7-16(25)23-13-4-2-3-12(21)9-13/h2-6,9H,7-8,10H2,1H3,(H,23,25)(H,24,26). The third-order valence-electron chi connectivity index (χ3n) is 3.64. The van der Waals surface area contributed by atoms with E-state index in [0.717, 1.165) is 0 Å². The second-order valence-corrected chi connectivity index (χ2v) is 7.47. The van der Waals surface area contributed by atoms with E-state index < -0.39 is 18.5 Å². The fourth-order valence-electron chi connectivity index (χ4n) is 2.20. The molecule has 2 aromatic rings. The summed E-state index contributed by atoms with van der Waals surface area (Å²) in [5, 5.41) is 6.23. The lowest BCUT2D eigenvalue weighted by molar-refractivity contribution is -0.147. The van der Waals surface area contributed by atoms with Crippen LogP contribution in [0.15, 0.2) is 40.9 Å². The van der Waals surface area contributed by atoms with Gasteiger partial charge >= 0.3 is 5.97 Å². The Balaban J connectivity index is 1.74. The van der Waals surface area contributed by atoms with Crippen LogP contribution in [0, 0.1) is 6.92 Å². The van der Waals surface area contributed by atoms with Crippen LogP contribution in [-0.4, -0.2) is 24.4 Å². The molecule has 0 spiro atoms. The normalized spacial score (nSPS) is 10.3. The maximum atomic E-state index is 11.9. The van der Waals surface area contributed by atoms with E-state index in [1.807, 2.05) is 0 Å². The summed E-state index contributed by atoms with van der Waals surface area (Å²) in [5.41, 5.74) is 1.75. The summed E-state index contributed by atoms with van der Waals surface area (Å²) in [6.45, 7) is 1.30. The van der Waals surface area contributed by atoms with Crippen LogP contribution in [-0.2, 0) is 19.1 Å². The largest absolute Gasteiger partial charge is 0.456 e.